The van der Waals surface area contributed by atoms with Gasteiger partial charge >= 0.3 is 21.1 Å². The first-order chi connectivity index (χ1) is 24.2. The summed E-state index contributed by atoms with van der Waals surface area (Å²) < 4.78 is 10.8. The van der Waals surface area contributed by atoms with Crippen molar-refractivity contribution in [2.45, 2.75) is 0 Å². The molecule has 6 nitrogen and oxygen atoms in total. The molecule has 50 heavy (non-hydrogen) atoms. The van der Waals surface area contributed by atoms with Crippen molar-refractivity contribution in [2.75, 3.05) is 4.90 Å². The Morgan fingerprint density at radius 1 is 0.680 bits per heavy atom. The van der Waals surface area contributed by atoms with Crippen LogP contribution in [-0.4, -0.2) is 19.3 Å². The zero-order valence-electron chi connectivity index (χ0n) is 26.8. The summed E-state index contributed by atoms with van der Waals surface area (Å²) in [6, 6.07) is 53.5. The average Bonchev–Trinajstić information content (AvgIpc) is 3.86. The number of hydrogen-bond donors (Lipinski definition) is 0. The van der Waals surface area contributed by atoms with Crippen LogP contribution in [0.15, 0.2) is 150 Å². The number of benzene rings is 6. The molecule has 0 spiro atoms. The van der Waals surface area contributed by atoms with Crippen molar-refractivity contribution in [1.82, 2.24) is 19.3 Å². The SMILES string of the molecule is Cn1ccc(-c2[c-]c(N(c3[c-]c4c(cc3)c3ccccc3n4-c3ccccn3)c3cc4ccccc4c4c3oc3ccccc34)ccc2)n1.[Pt+2]. The molecule has 7 heteroatoms. The molecule has 6 aromatic carbocycles. The molecule has 0 saturated heterocycles. The first kappa shape index (κ1) is 30.1. The number of furan rings is 1. The largest absolute Gasteiger partial charge is 2.00 e. The number of anilines is 3. The van der Waals surface area contributed by atoms with Crippen LogP contribution in [0.5, 0.6) is 0 Å². The Kier molecular flexibility index (Phi) is 7.15. The Hall–Kier alpha value is -5.97. The van der Waals surface area contributed by atoms with E-state index < -0.39 is 0 Å². The van der Waals surface area contributed by atoms with Gasteiger partial charge in [-0.25, -0.2) is 10.1 Å². The van der Waals surface area contributed by atoms with Gasteiger partial charge in [0.2, 0.25) is 0 Å². The molecule has 0 fully saturated rings. The molecule has 240 valence electrons. The first-order valence-electron chi connectivity index (χ1n) is 16.2. The first-order valence-corrected chi connectivity index (χ1v) is 16.2. The number of rotatable bonds is 5. The van der Waals surface area contributed by atoms with E-state index in [1.807, 2.05) is 66.6 Å². The molecule has 10 rings (SSSR count). The molecule has 0 atom stereocenters. The van der Waals surface area contributed by atoms with Crippen LogP contribution < -0.4 is 4.90 Å². The second-order valence-corrected chi connectivity index (χ2v) is 12.2. The van der Waals surface area contributed by atoms with E-state index in [2.05, 4.69) is 118 Å². The Morgan fingerprint density at radius 3 is 2.30 bits per heavy atom. The van der Waals surface area contributed by atoms with Gasteiger partial charge in [0.15, 0.2) is 5.58 Å². The van der Waals surface area contributed by atoms with Crippen LogP contribution in [0.25, 0.3) is 71.6 Å². The van der Waals surface area contributed by atoms with E-state index in [1.54, 1.807) is 0 Å². The Labute approximate surface area is 302 Å². The van der Waals surface area contributed by atoms with E-state index in [0.29, 0.717) is 0 Å². The minimum absolute atomic E-state index is 0. The summed E-state index contributed by atoms with van der Waals surface area (Å²) in [4.78, 5) is 6.97. The standard InChI is InChI=1S/C43H27N5O.Pt/c1-46-24-22-36(45-46)29-12-10-13-30(25-29)47(39-26-28-11-2-3-14-32(28)42-35-16-5-7-18-40(35)49-43(39)42)31-20-21-34-33-15-4-6-17-37(33)48(38(34)27-31)41-19-8-9-23-44-41;/h2-24,26H,1H3;/q-2;+2. The number of nitrogens with zero attached hydrogens (tertiary/aromatic N) is 5. The van der Waals surface area contributed by atoms with Crippen molar-refractivity contribution in [3.63, 3.8) is 0 Å². The molecule has 0 aliphatic heterocycles. The summed E-state index contributed by atoms with van der Waals surface area (Å²) in [5.74, 6) is 0.836. The minimum atomic E-state index is 0. The smallest absolute Gasteiger partial charge is 0.454 e. The third-order valence-electron chi connectivity index (χ3n) is 9.29. The maximum absolute atomic E-state index is 6.76. The van der Waals surface area contributed by atoms with Gasteiger partial charge in [0, 0.05) is 41.4 Å². The van der Waals surface area contributed by atoms with Crippen LogP contribution in [0.4, 0.5) is 17.1 Å². The summed E-state index contributed by atoms with van der Waals surface area (Å²) >= 11 is 0. The number of para-hydroxylation sites is 2. The van der Waals surface area contributed by atoms with Gasteiger partial charge in [-0.05, 0) is 52.2 Å². The van der Waals surface area contributed by atoms with Gasteiger partial charge in [-0.15, -0.1) is 47.3 Å². The van der Waals surface area contributed by atoms with Crippen LogP contribution in [0, 0.1) is 12.1 Å². The fourth-order valence-electron chi connectivity index (χ4n) is 7.14. The molecular formula is C43H27N5OPt. The number of aryl methyl sites for hydroxylation is 1. The van der Waals surface area contributed by atoms with Gasteiger partial charge < -0.3 is 13.9 Å². The zero-order valence-corrected chi connectivity index (χ0v) is 29.1. The monoisotopic (exact) mass is 824 g/mol. The van der Waals surface area contributed by atoms with Gasteiger partial charge in [-0.3, -0.25) is 4.68 Å². The number of fused-ring (bicyclic) bond motifs is 8. The second kappa shape index (κ2) is 11.9. The summed E-state index contributed by atoms with van der Waals surface area (Å²) in [7, 11) is 1.93. The van der Waals surface area contributed by atoms with E-state index in [9.17, 15) is 0 Å². The molecule has 0 N–H and O–H groups in total. The molecule has 0 bridgehead atoms. The molecule has 10 aromatic rings. The maximum Gasteiger partial charge on any atom is 2.00 e. The molecule has 0 aliphatic rings. The van der Waals surface area contributed by atoms with E-state index in [1.165, 1.54) is 0 Å². The van der Waals surface area contributed by atoms with Crippen LogP contribution in [-0.2, 0) is 28.1 Å². The molecule has 0 radical (unpaired) electrons. The molecule has 4 aromatic heterocycles. The Balaban J connectivity index is 0.00000336. The van der Waals surface area contributed by atoms with Crippen molar-refractivity contribution in [3.05, 3.63) is 158 Å². The summed E-state index contributed by atoms with van der Waals surface area (Å²) in [5.41, 5.74) is 7.99. The predicted octanol–water partition coefficient (Wildman–Crippen LogP) is 10.7. The van der Waals surface area contributed by atoms with Crippen LogP contribution in [0.2, 0.25) is 0 Å². The fraction of sp³-hybridized carbons (Fsp3) is 0.0233. The molecular weight excluding hydrogens is 798 g/mol. The number of hydrogen-bond acceptors (Lipinski definition) is 4. The Bertz CT molecular complexity index is 2870. The van der Waals surface area contributed by atoms with Gasteiger partial charge in [0.05, 0.1) is 5.69 Å². The third kappa shape index (κ3) is 4.67. The van der Waals surface area contributed by atoms with Crippen molar-refractivity contribution in [1.29, 1.82) is 0 Å². The van der Waals surface area contributed by atoms with E-state index >= 15 is 0 Å². The van der Waals surface area contributed by atoms with Crippen LogP contribution in [0.3, 0.4) is 0 Å². The summed E-state index contributed by atoms with van der Waals surface area (Å²) in [5, 5.41) is 11.4. The van der Waals surface area contributed by atoms with Gasteiger partial charge in [0.25, 0.3) is 0 Å². The maximum atomic E-state index is 6.76. The van der Waals surface area contributed by atoms with Gasteiger partial charge in [0.1, 0.15) is 11.4 Å². The van der Waals surface area contributed by atoms with Crippen molar-refractivity contribution in [3.8, 4) is 17.1 Å². The summed E-state index contributed by atoms with van der Waals surface area (Å²) in [6.45, 7) is 0. The van der Waals surface area contributed by atoms with E-state index in [0.717, 1.165) is 88.7 Å². The van der Waals surface area contributed by atoms with Gasteiger partial charge in [-0.1, -0.05) is 84.0 Å². The fourth-order valence-corrected chi connectivity index (χ4v) is 7.14. The average molecular weight is 825 g/mol. The third-order valence-corrected chi connectivity index (χ3v) is 9.29. The second-order valence-electron chi connectivity index (χ2n) is 12.2. The quantitative estimate of drug-likeness (QED) is 0.162. The van der Waals surface area contributed by atoms with E-state index in [4.69, 9.17) is 9.40 Å². The van der Waals surface area contributed by atoms with Crippen molar-refractivity contribution >= 4 is 71.6 Å². The molecule has 0 amide bonds. The number of pyridine rings is 1. The molecule has 0 saturated carbocycles. The normalized spacial score (nSPS) is 11.5. The van der Waals surface area contributed by atoms with Gasteiger partial charge in [-0.2, -0.15) is 6.07 Å². The Morgan fingerprint density at radius 2 is 1.46 bits per heavy atom. The van der Waals surface area contributed by atoms with E-state index in [-0.39, 0.29) is 21.1 Å². The number of aromatic nitrogens is 4. The minimum Gasteiger partial charge on any atom is -0.454 e. The molecule has 4 heterocycles. The molecule has 0 aliphatic carbocycles. The summed E-state index contributed by atoms with van der Waals surface area (Å²) in [6.07, 6.45) is 3.78. The molecule has 0 unspecified atom stereocenters. The van der Waals surface area contributed by atoms with Crippen molar-refractivity contribution in [2.24, 2.45) is 7.05 Å². The van der Waals surface area contributed by atoms with Crippen LogP contribution in [0.1, 0.15) is 0 Å². The zero-order chi connectivity index (χ0) is 32.5. The topological polar surface area (TPSA) is 52.0 Å². The predicted molar refractivity (Wildman–Crippen MR) is 198 cm³/mol. The van der Waals surface area contributed by atoms with Crippen molar-refractivity contribution < 1.29 is 25.5 Å². The van der Waals surface area contributed by atoms with Crippen LogP contribution >= 0.6 is 0 Å².